The Morgan fingerprint density at radius 2 is 1.67 bits per heavy atom. The van der Waals surface area contributed by atoms with Gasteiger partial charge in [-0.15, -0.1) is 12.3 Å². The number of nitrogens with zero attached hydrogens (tertiary/aromatic N) is 2. The lowest BCUT2D eigenvalue weighted by Gasteiger charge is -1.97. The molecule has 0 unspecified atom stereocenters. The molecule has 0 aliphatic rings. The molecule has 21 heavy (non-hydrogen) atoms. The van der Waals surface area contributed by atoms with E-state index in [2.05, 4.69) is 16.1 Å². The minimum atomic E-state index is 0.526. The Morgan fingerprint density at radius 3 is 2.33 bits per heavy atom. The standard InChI is InChI=1S/C18H14N2O/c1-3-4-14-7-11-15(12-8-14)17-19-18(21-20-17)16-9-5-13(2)6-10-16/h1,5-12H,4H2,2H3. The molecule has 102 valence electrons. The van der Waals surface area contributed by atoms with Gasteiger partial charge in [-0.25, -0.2) is 0 Å². The minimum absolute atomic E-state index is 0.526. The van der Waals surface area contributed by atoms with Gasteiger partial charge >= 0.3 is 0 Å². The Balaban J connectivity index is 1.87. The Labute approximate surface area is 123 Å². The third kappa shape index (κ3) is 2.85. The molecule has 0 aliphatic heterocycles. The van der Waals surface area contributed by atoms with E-state index in [9.17, 15) is 0 Å². The number of benzene rings is 2. The number of terminal acetylenes is 1. The molecule has 0 amide bonds. The van der Waals surface area contributed by atoms with Crippen LogP contribution in [0.4, 0.5) is 0 Å². The van der Waals surface area contributed by atoms with E-state index in [-0.39, 0.29) is 0 Å². The fourth-order valence-corrected chi connectivity index (χ4v) is 2.04. The molecule has 0 N–H and O–H groups in total. The largest absolute Gasteiger partial charge is 0.334 e. The van der Waals surface area contributed by atoms with E-state index in [4.69, 9.17) is 10.9 Å². The highest BCUT2D eigenvalue weighted by Gasteiger charge is 2.10. The van der Waals surface area contributed by atoms with Crippen LogP contribution in [0.5, 0.6) is 0 Å². The molecule has 0 atom stereocenters. The van der Waals surface area contributed by atoms with Gasteiger partial charge in [-0.05, 0) is 24.6 Å². The molecule has 0 bridgehead atoms. The van der Waals surface area contributed by atoms with Gasteiger partial charge in [-0.2, -0.15) is 4.98 Å². The maximum absolute atomic E-state index is 5.33. The van der Waals surface area contributed by atoms with Crippen molar-refractivity contribution in [2.45, 2.75) is 13.3 Å². The van der Waals surface area contributed by atoms with E-state index in [1.165, 1.54) is 5.56 Å². The fraction of sp³-hybridized carbons (Fsp3) is 0.111. The molecule has 3 heteroatoms. The van der Waals surface area contributed by atoms with Crippen molar-refractivity contribution in [2.75, 3.05) is 0 Å². The highest BCUT2D eigenvalue weighted by Crippen LogP contribution is 2.22. The predicted octanol–water partition coefficient (Wildman–Crippen LogP) is 3.89. The van der Waals surface area contributed by atoms with Gasteiger partial charge < -0.3 is 4.52 Å². The first-order chi connectivity index (χ1) is 10.3. The predicted molar refractivity (Wildman–Crippen MR) is 82.4 cm³/mol. The van der Waals surface area contributed by atoms with Gasteiger partial charge in [0.15, 0.2) is 0 Å². The quantitative estimate of drug-likeness (QED) is 0.680. The second-order valence-corrected chi connectivity index (χ2v) is 4.87. The van der Waals surface area contributed by atoms with Crippen molar-refractivity contribution in [3.05, 3.63) is 59.7 Å². The molecule has 0 radical (unpaired) electrons. The zero-order valence-electron chi connectivity index (χ0n) is 11.7. The zero-order chi connectivity index (χ0) is 14.7. The van der Waals surface area contributed by atoms with Crippen molar-refractivity contribution in [1.29, 1.82) is 0 Å². The van der Waals surface area contributed by atoms with Crippen molar-refractivity contribution >= 4 is 0 Å². The third-order valence-electron chi connectivity index (χ3n) is 3.24. The van der Waals surface area contributed by atoms with E-state index in [1.54, 1.807) is 0 Å². The summed E-state index contributed by atoms with van der Waals surface area (Å²) in [5.74, 6) is 3.73. The molecule has 3 rings (SSSR count). The highest BCUT2D eigenvalue weighted by atomic mass is 16.5. The van der Waals surface area contributed by atoms with Crippen LogP contribution >= 0.6 is 0 Å². The monoisotopic (exact) mass is 274 g/mol. The van der Waals surface area contributed by atoms with Crippen molar-refractivity contribution in [3.63, 3.8) is 0 Å². The Bertz CT molecular complexity index is 777. The number of hydrogen-bond donors (Lipinski definition) is 0. The van der Waals surface area contributed by atoms with Crippen LogP contribution < -0.4 is 0 Å². The summed E-state index contributed by atoms with van der Waals surface area (Å²) in [5.41, 5.74) is 4.13. The average Bonchev–Trinajstić information content (AvgIpc) is 2.99. The van der Waals surface area contributed by atoms with Crippen LogP contribution in [0.3, 0.4) is 0 Å². The van der Waals surface area contributed by atoms with E-state index in [0.29, 0.717) is 18.1 Å². The summed E-state index contributed by atoms with van der Waals surface area (Å²) >= 11 is 0. The molecule has 0 aliphatic carbocycles. The number of hydrogen-bond acceptors (Lipinski definition) is 3. The van der Waals surface area contributed by atoms with Crippen LogP contribution in [0.2, 0.25) is 0 Å². The first-order valence-corrected chi connectivity index (χ1v) is 6.70. The minimum Gasteiger partial charge on any atom is -0.334 e. The van der Waals surface area contributed by atoms with Crippen LogP contribution in [-0.4, -0.2) is 10.1 Å². The second-order valence-electron chi connectivity index (χ2n) is 4.87. The number of rotatable bonds is 3. The molecule has 0 spiro atoms. The van der Waals surface area contributed by atoms with Crippen molar-refractivity contribution in [2.24, 2.45) is 0 Å². The van der Waals surface area contributed by atoms with Crippen LogP contribution in [0.1, 0.15) is 11.1 Å². The molecule has 1 heterocycles. The smallest absolute Gasteiger partial charge is 0.258 e. The van der Waals surface area contributed by atoms with Gasteiger partial charge in [0.25, 0.3) is 5.89 Å². The Hall–Kier alpha value is -2.86. The third-order valence-corrected chi connectivity index (χ3v) is 3.24. The van der Waals surface area contributed by atoms with Crippen molar-refractivity contribution in [3.8, 4) is 35.2 Å². The summed E-state index contributed by atoms with van der Waals surface area (Å²) < 4.78 is 5.33. The number of aromatic nitrogens is 2. The normalized spacial score (nSPS) is 10.3. The Kier molecular flexibility index (Phi) is 3.53. The maximum Gasteiger partial charge on any atom is 0.258 e. The first-order valence-electron chi connectivity index (χ1n) is 6.70. The fourth-order valence-electron chi connectivity index (χ4n) is 2.04. The molecule has 0 saturated carbocycles. The summed E-state index contributed by atoms with van der Waals surface area (Å²) in [7, 11) is 0. The molecular weight excluding hydrogens is 260 g/mol. The van der Waals surface area contributed by atoms with E-state index >= 15 is 0 Å². The van der Waals surface area contributed by atoms with Crippen LogP contribution in [-0.2, 0) is 6.42 Å². The lowest BCUT2D eigenvalue weighted by atomic mass is 10.1. The topological polar surface area (TPSA) is 38.9 Å². The van der Waals surface area contributed by atoms with Crippen LogP contribution in [0.15, 0.2) is 53.1 Å². The second kappa shape index (κ2) is 5.64. The molecule has 0 fully saturated rings. The summed E-state index contributed by atoms with van der Waals surface area (Å²) in [6, 6.07) is 15.9. The maximum atomic E-state index is 5.33. The molecule has 2 aromatic carbocycles. The summed E-state index contributed by atoms with van der Waals surface area (Å²) in [6.07, 6.45) is 5.92. The van der Waals surface area contributed by atoms with Crippen LogP contribution in [0, 0.1) is 19.3 Å². The van der Waals surface area contributed by atoms with Crippen molar-refractivity contribution in [1.82, 2.24) is 10.1 Å². The lowest BCUT2D eigenvalue weighted by molar-refractivity contribution is 0.432. The lowest BCUT2D eigenvalue weighted by Crippen LogP contribution is -1.84. The van der Waals surface area contributed by atoms with E-state index in [0.717, 1.165) is 16.7 Å². The van der Waals surface area contributed by atoms with Crippen molar-refractivity contribution < 1.29 is 4.52 Å². The molecule has 0 saturated heterocycles. The summed E-state index contributed by atoms with van der Waals surface area (Å²) in [5, 5.41) is 4.03. The molecule has 1 aromatic heterocycles. The Morgan fingerprint density at radius 1 is 1.00 bits per heavy atom. The highest BCUT2D eigenvalue weighted by molar-refractivity contribution is 5.60. The summed E-state index contributed by atoms with van der Waals surface area (Å²) in [6.45, 7) is 2.04. The van der Waals surface area contributed by atoms with E-state index < -0.39 is 0 Å². The van der Waals surface area contributed by atoms with Gasteiger partial charge in [-0.3, -0.25) is 0 Å². The SMILES string of the molecule is C#CCc1ccc(-c2noc(-c3ccc(C)cc3)n2)cc1. The molecular formula is C18H14N2O. The van der Waals surface area contributed by atoms with Crippen LogP contribution in [0.25, 0.3) is 22.8 Å². The molecule has 3 nitrogen and oxygen atoms in total. The van der Waals surface area contributed by atoms with Gasteiger partial charge in [0.2, 0.25) is 5.82 Å². The van der Waals surface area contributed by atoms with Gasteiger partial charge in [0, 0.05) is 17.5 Å². The number of aryl methyl sites for hydroxylation is 1. The van der Waals surface area contributed by atoms with Gasteiger partial charge in [0.1, 0.15) is 0 Å². The van der Waals surface area contributed by atoms with E-state index in [1.807, 2.05) is 55.5 Å². The zero-order valence-corrected chi connectivity index (χ0v) is 11.7. The molecule has 3 aromatic rings. The summed E-state index contributed by atoms with van der Waals surface area (Å²) in [4.78, 5) is 4.44. The van der Waals surface area contributed by atoms with Gasteiger partial charge in [-0.1, -0.05) is 47.1 Å². The van der Waals surface area contributed by atoms with Gasteiger partial charge in [0.05, 0.1) is 0 Å². The average molecular weight is 274 g/mol. The first kappa shape index (κ1) is 13.1.